The predicted molar refractivity (Wildman–Crippen MR) is 135 cm³/mol. The molecule has 9 nitrogen and oxygen atoms in total. The Morgan fingerprint density at radius 2 is 1.94 bits per heavy atom. The molecule has 1 atom stereocenters. The largest absolute Gasteiger partial charge is 0.454 e. The normalized spacial score (nSPS) is 20.3. The number of Topliss-reactive ketones (excluding diaryl/α,β-unsaturated/α-hetero) is 1. The number of aryl methyl sites for hydroxylation is 1. The van der Waals surface area contributed by atoms with Crippen molar-refractivity contribution in [3.8, 4) is 11.5 Å². The van der Waals surface area contributed by atoms with Gasteiger partial charge in [-0.1, -0.05) is 0 Å². The molecule has 0 amide bonds. The van der Waals surface area contributed by atoms with Gasteiger partial charge in [-0.25, -0.2) is 4.98 Å². The van der Waals surface area contributed by atoms with Crippen LogP contribution in [0.3, 0.4) is 0 Å². The Hall–Kier alpha value is -2.54. The van der Waals surface area contributed by atoms with Gasteiger partial charge >= 0.3 is 6.08 Å². The molecule has 11 heteroatoms. The molecule has 0 radical (unpaired) electrons. The molecule has 1 saturated carbocycles. The highest BCUT2D eigenvalue weighted by atomic mass is 124. The smallest absolute Gasteiger partial charge is 0.312 e. The number of carbonyl (C=O) groups excluding carboxylic acids is 1. The van der Waals surface area contributed by atoms with E-state index in [0.717, 1.165) is 47.1 Å². The number of nitrogen functional groups attached to an aromatic ring is 1. The number of aliphatic hydroxyl groups excluding tert-OH is 1. The molecule has 0 spiro atoms. The van der Waals surface area contributed by atoms with E-state index in [4.69, 9.17) is 20.2 Å². The van der Waals surface area contributed by atoms with Crippen molar-refractivity contribution in [3.05, 3.63) is 33.2 Å². The Kier molecular flexibility index (Phi) is 6.80. The van der Waals surface area contributed by atoms with Crippen LogP contribution in [0.4, 0.5) is 10.2 Å². The number of ketones is 1. The number of aliphatic hydroxyl groups is 1. The number of hydrogen-bond donors (Lipinski definition) is 2. The van der Waals surface area contributed by atoms with Crippen LogP contribution in [0.15, 0.2) is 12.1 Å². The van der Waals surface area contributed by atoms with Gasteiger partial charge in [0.1, 0.15) is 11.9 Å². The van der Waals surface area contributed by atoms with E-state index < -0.39 is 12.2 Å². The van der Waals surface area contributed by atoms with Gasteiger partial charge < -0.3 is 24.9 Å². The molecule has 186 valence electrons. The highest BCUT2D eigenvalue weighted by Crippen LogP contribution is 2.37. The van der Waals surface area contributed by atoms with Gasteiger partial charge in [-0.2, -0.15) is 14.4 Å². The van der Waals surface area contributed by atoms with Gasteiger partial charge in [-0.05, 0) is 85.2 Å². The van der Waals surface area contributed by atoms with E-state index in [1.165, 1.54) is 6.92 Å². The molecular formula is C24H27FIN5O4. The van der Waals surface area contributed by atoms with E-state index in [1.54, 1.807) is 0 Å². The van der Waals surface area contributed by atoms with E-state index in [2.05, 4.69) is 32.6 Å². The van der Waals surface area contributed by atoms with Crippen molar-refractivity contribution in [2.24, 2.45) is 11.8 Å². The van der Waals surface area contributed by atoms with E-state index in [0.29, 0.717) is 41.5 Å². The van der Waals surface area contributed by atoms with E-state index >= 15 is 0 Å². The van der Waals surface area contributed by atoms with Crippen molar-refractivity contribution in [3.63, 3.8) is 0 Å². The lowest BCUT2D eigenvalue weighted by molar-refractivity contribution is -0.131. The number of halogens is 2. The van der Waals surface area contributed by atoms with E-state index in [-0.39, 0.29) is 24.3 Å². The van der Waals surface area contributed by atoms with Gasteiger partial charge in [0.05, 0.1) is 0 Å². The van der Waals surface area contributed by atoms with Crippen molar-refractivity contribution in [2.75, 3.05) is 12.5 Å². The molecular weight excluding hydrogens is 565 g/mol. The summed E-state index contributed by atoms with van der Waals surface area (Å²) < 4.78 is 28.0. The lowest BCUT2D eigenvalue weighted by Crippen LogP contribution is -2.29. The van der Waals surface area contributed by atoms with Crippen LogP contribution >= 0.6 is 22.6 Å². The third kappa shape index (κ3) is 4.92. The zero-order chi connectivity index (χ0) is 24.7. The molecule has 0 unspecified atom stereocenters. The number of nitrogens with zero attached hydrogens (tertiary/aromatic N) is 4. The fourth-order valence-corrected chi connectivity index (χ4v) is 5.69. The molecule has 0 bridgehead atoms. The second-order valence-corrected chi connectivity index (χ2v) is 10.5. The first-order valence-corrected chi connectivity index (χ1v) is 12.9. The molecule has 3 heterocycles. The summed E-state index contributed by atoms with van der Waals surface area (Å²) in [7, 11) is 0. The molecule has 3 N–H and O–H groups in total. The molecule has 1 aromatic carbocycles. The van der Waals surface area contributed by atoms with Crippen molar-refractivity contribution in [1.82, 2.24) is 19.5 Å². The maximum Gasteiger partial charge on any atom is 0.312 e. The second-order valence-electron chi connectivity index (χ2n) is 9.29. The lowest BCUT2D eigenvalue weighted by atomic mass is 9.78. The Bertz CT molecular complexity index is 1270. The van der Waals surface area contributed by atoms with Crippen molar-refractivity contribution >= 4 is 45.4 Å². The van der Waals surface area contributed by atoms with Crippen LogP contribution in [0.25, 0.3) is 11.2 Å². The molecule has 1 fully saturated rings. The van der Waals surface area contributed by atoms with Crippen LogP contribution in [-0.2, 0) is 17.8 Å². The third-order valence-corrected chi connectivity index (χ3v) is 7.99. The number of rotatable bonds is 7. The third-order valence-electron chi connectivity index (χ3n) is 6.99. The number of nitrogens with two attached hydrogens (primary N) is 1. The van der Waals surface area contributed by atoms with E-state index in [9.17, 15) is 14.3 Å². The zero-order valence-electron chi connectivity index (χ0n) is 19.3. The molecule has 1 aliphatic heterocycles. The summed E-state index contributed by atoms with van der Waals surface area (Å²) in [6, 6.07) is 3.88. The van der Waals surface area contributed by atoms with Crippen molar-refractivity contribution < 1.29 is 23.8 Å². The molecule has 1 aliphatic carbocycles. The molecule has 2 aromatic heterocycles. The molecule has 2 aliphatic rings. The quantitative estimate of drug-likeness (QED) is 0.315. The minimum absolute atomic E-state index is 0.0185. The van der Waals surface area contributed by atoms with Gasteiger partial charge in [0.2, 0.25) is 6.79 Å². The summed E-state index contributed by atoms with van der Waals surface area (Å²) in [5.74, 6) is 2.45. The van der Waals surface area contributed by atoms with Gasteiger partial charge in [-0.15, -0.1) is 0 Å². The zero-order valence-corrected chi connectivity index (χ0v) is 21.5. The van der Waals surface area contributed by atoms with Crippen molar-refractivity contribution in [2.45, 2.75) is 58.1 Å². The summed E-state index contributed by atoms with van der Waals surface area (Å²) in [5, 5.41) is 9.61. The minimum atomic E-state index is -0.907. The highest BCUT2D eigenvalue weighted by molar-refractivity contribution is 14.1. The Morgan fingerprint density at radius 1 is 1.23 bits per heavy atom. The maximum absolute atomic E-state index is 14.1. The SMILES string of the molecule is C[C@H](O)C(=O)C1CCC(CCn2c(Cc3cc4c(cc3[124I])OCO4)nc3c(N)nc(F)nc32)CC1. The van der Waals surface area contributed by atoms with E-state index in [1.807, 2.05) is 16.7 Å². The standard InChI is InChI=1S/C24H27FIN5O4/c1-12(32)21(33)14-4-2-13(3-5-14)6-7-31-19(28-20-22(27)29-24(25)30-23(20)31)9-15-8-17-18(10-16(15)26)35-11-34-17/h8,10,12-14,32H,2-7,9,11H2,1H3,(H2,27,29,30)/t12-,13?,14?/m0/s1/i26-3. The number of carbonyl (C=O) groups is 1. The number of ether oxygens (including phenoxy) is 2. The van der Waals surface area contributed by atoms with Gasteiger partial charge in [0, 0.05) is 22.5 Å². The van der Waals surface area contributed by atoms with Crippen LogP contribution in [-0.4, -0.2) is 43.3 Å². The number of imidazole rings is 1. The summed E-state index contributed by atoms with van der Waals surface area (Å²) in [5.41, 5.74) is 7.78. The minimum Gasteiger partial charge on any atom is -0.454 e. The van der Waals surface area contributed by atoms with Gasteiger partial charge in [-0.3, -0.25) is 4.79 Å². The van der Waals surface area contributed by atoms with Crippen LogP contribution < -0.4 is 15.2 Å². The van der Waals surface area contributed by atoms with Crippen LogP contribution in [0.5, 0.6) is 11.5 Å². The Labute approximate surface area is 215 Å². The Balaban J connectivity index is 1.38. The summed E-state index contributed by atoms with van der Waals surface area (Å²) in [6.07, 6.45) is 2.94. The number of hydrogen-bond acceptors (Lipinski definition) is 8. The predicted octanol–water partition coefficient (Wildman–Crippen LogP) is 3.62. The fraction of sp³-hybridized carbons (Fsp3) is 0.500. The van der Waals surface area contributed by atoms with Crippen LogP contribution in [0, 0.1) is 21.5 Å². The van der Waals surface area contributed by atoms with Crippen LogP contribution in [0.2, 0.25) is 0 Å². The average Bonchev–Trinajstić information content (AvgIpc) is 3.41. The number of aromatic nitrogens is 4. The number of fused-ring (bicyclic) bond motifs is 2. The molecule has 35 heavy (non-hydrogen) atoms. The fourth-order valence-electron chi connectivity index (χ4n) is 5.06. The maximum atomic E-state index is 14.1. The Morgan fingerprint density at radius 3 is 2.66 bits per heavy atom. The summed E-state index contributed by atoms with van der Waals surface area (Å²) in [6.45, 7) is 2.33. The molecule has 0 saturated heterocycles. The first-order chi connectivity index (χ1) is 16.8. The van der Waals surface area contributed by atoms with Gasteiger partial charge in [0.25, 0.3) is 0 Å². The summed E-state index contributed by atoms with van der Waals surface area (Å²) >= 11 is 2.26. The highest BCUT2D eigenvalue weighted by Gasteiger charge is 2.29. The second kappa shape index (κ2) is 9.84. The lowest BCUT2D eigenvalue weighted by Gasteiger charge is -2.28. The topological polar surface area (TPSA) is 125 Å². The van der Waals surface area contributed by atoms with Crippen molar-refractivity contribution in [1.29, 1.82) is 0 Å². The number of benzene rings is 1. The van der Waals surface area contributed by atoms with Gasteiger partial charge in [0.15, 0.2) is 34.3 Å². The first-order valence-electron chi connectivity index (χ1n) is 11.8. The molecule has 3 aromatic rings. The first kappa shape index (κ1) is 24.2. The van der Waals surface area contributed by atoms with Crippen LogP contribution in [0.1, 0.15) is 50.4 Å². The molecule has 5 rings (SSSR count). The average molecular weight is 592 g/mol. The summed E-state index contributed by atoms with van der Waals surface area (Å²) in [4.78, 5) is 24.5. The monoisotopic (exact) mass is 592 g/mol. The number of anilines is 1.